The Kier molecular flexibility index (Phi) is 2.28. The molecular formula is C12H14O2. The van der Waals surface area contributed by atoms with Crippen LogP contribution in [0.5, 0.6) is 0 Å². The minimum atomic E-state index is -0.816. The van der Waals surface area contributed by atoms with Gasteiger partial charge in [-0.15, -0.1) is 6.58 Å². The smallest absolute Gasteiger partial charge is 0.328 e. The number of aliphatic carboxylic acids is 1. The molecule has 0 amide bonds. The quantitative estimate of drug-likeness (QED) is 0.548. The summed E-state index contributed by atoms with van der Waals surface area (Å²) in [5, 5.41) is 8.62. The van der Waals surface area contributed by atoms with Crippen LogP contribution in [-0.4, -0.2) is 11.1 Å². The Hall–Kier alpha value is -1.31. The van der Waals surface area contributed by atoms with Gasteiger partial charge in [0.25, 0.3) is 0 Å². The number of carbonyl (C=O) groups is 1. The molecule has 0 aromatic carbocycles. The zero-order valence-corrected chi connectivity index (χ0v) is 8.07. The lowest BCUT2D eigenvalue weighted by atomic mass is 9.71. The molecule has 1 saturated carbocycles. The van der Waals surface area contributed by atoms with Gasteiger partial charge in [-0.2, -0.15) is 0 Å². The number of fused-ring (bicyclic) bond motifs is 1. The summed E-state index contributed by atoms with van der Waals surface area (Å²) < 4.78 is 0. The third kappa shape index (κ3) is 1.52. The van der Waals surface area contributed by atoms with Crippen molar-refractivity contribution >= 4 is 5.97 Å². The minimum absolute atomic E-state index is 0.418. The van der Waals surface area contributed by atoms with Crippen LogP contribution in [0.3, 0.4) is 0 Å². The average Bonchev–Trinajstić information content (AvgIpc) is 2.41. The molecule has 2 rings (SSSR count). The number of hydrogen-bond donors (Lipinski definition) is 1. The van der Waals surface area contributed by atoms with E-state index in [1.165, 1.54) is 11.6 Å². The fourth-order valence-electron chi connectivity index (χ4n) is 2.46. The van der Waals surface area contributed by atoms with Gasteiger partial charge in [-0.05, 0) is 25.2 Å². The molecule has 0 spiro atoms. The highest BCUT2D eigenvalue weighted by molar-refractivity contribution is 5.81. The fraction of sp³-hybridized carbons (Fsp3) is 0.417. The van der Waals surface area contributed by atoms with Crippen molar-refractivity contribution in [2.24, 2.45) is 11.8 Å². The number of carboxylic acid groups (broad SMARTS) is 1. The van der Waals surface area contributed by atoms with Crippen LogP contribution in [0.1, 0.15) is 19.3 Å². The van der Waals surface area contributed by atoms with E-state index in [-0.39, 0.29) is 0 Å². The summed E-state index contributed by atoms with van der Waals surface area (Å²) >= 11 is 0. The van der Waals surface area contributed by atoms with E-state index in [9.17, 15) is 4.79 Å². The zero-order chi connectivity index (χ0) is 10.1. The van der Waals surface area contributed by atoms with E-state index < -0.39 is 5.97 Å². The Morgan fingerprint density at radius 3 is 3.07 bits per heavy atom. The van der Waals surface area contributed by atoms with Gasteiger partial charge in [-0.1, -0.05) is 23.3 Å². The summed E-state index contributed by atoms with van der Waals surface area (Å²) in [7, 11) is 0. The lowest BCUT2D eigenvalue weighted by Crippen LogP contribution is -2.24. The maximum absolute atomic E-state index is 10.5. The Balaban J connectivity index is 2.06. The minimum Gasteiger partial charge on any atom is -0.478 e. The molecule has 2 aliphatic rings. The van der Waals surface area contributed by atoms with Gasteiger partial charge in [0.1, 0.15) is 0 Å². The number of hydrogen-bond acceptors (Lipinski definition) is 1. The predicted molar refractivity (Wildman–Crippen MR) is 54.8 cm³/mol. The van der Waals surface area contributed by atoms with E-state index in [1.54, 1.807) is 0 Å². The van der Waals surface area contributed by atoms with E-state index in [4.69, 9.17) is 5.11 Å². The largest absolute Gasteiger partial charge is 0.478 e. The Morgan fingerprint density at radius 2 is 2.43 bits per heavy atom. The van der Waals surface area contributed by atoms with Gasteiger partial charge in [0.05, 0.1) is 0 Å². The number of allylic oxidation sites excluding steroid dienone is 4. The standard InChI is InChI=1S/C12H14O2/c1-2-3-8-4-9-6-10(7-12(13)14)11(9)5-8/h2,5,7,9,11H,1,3-4,6H2,(H,13,14)/t9?,11-/m0/s1. The van der Waals surface area contributed by atoms with Gasteiger partial charge in [0.2, 0.25) is 0 Å². The predicted octanol–water partition coefficient (Wildman–Crippen LogP) is 2.54. The molecule has 0 aromatic rings. The van der Waals surface area contributed by atoms with Crippen molar-refractivity contribution in [2.45, 2.75) is 19.3 Å². The third-order valence-electron chi connectivity index (χ3n) is 3.09. The topological polar surface area (TPSA) is 37.3 Å². The van der Waals surface area contributed by atoms with Crippen molar-refractivity contribution in [1.29, 1.82) is 0 Å². The summed E-state index contributed by atoms with van der Waals surface area (Å²) in [6.07, 6.45) is 8.56. The maximum atomic E-state index is 10.5. The normalized spacial score (nSPS) is 32.0. The first-order chi connectivity index (χ1) is 6.70. The molecular weight excluding hydrogens is 176 g/mol. The van der Waals surface area contributed by atoms with Gasteiger partial charge in [0, 0.05) is 12.0 Å². The molecule has 0 aliphatic heterocycles. The average molecular weight is 190 g/mol. The second-order valence-electron chi connectivity index (χ2n) is 4.07. The van der Waals surface area contributed by atoms with E-state index in [0.29, 0.717) is 11.8 Å². The molecule has 0 radical (unpaired) electrons. The Bertz CT molecular complexity index is 336. The maximum Gasteiger partial charge on any atom is 0.328 e. The van der Waals surface area contributed by atoms with Crippen molar-refractivity contribution in [3.63, 3.8) is 0 Å². The molecule has 0 saturated heterocycles. The van der Waals surface area contributed by atoms with Crippen LogP contribution in [0, 0.1) is 11.8 Å². The van der Waals surface area contributed by atoms with Gasteiger partial charge < -0.3 is 5.11 Å². The highest BCUT2D eigenvalue weighted by atomic mass is 16.4. The lowest BCUT2D eigenvalue weighted by Gasteiger charge is -2.33. The van der Waals surface area contributed by atoms with Crippen LogP contribution in [0.25, 0.3) is 0 Å². The molecule has 0 heterocycles. The van der Waals surface area contributed by atoms with Crippen LogP contribution in [0.15, 0.2) is 36.0 Å². The van der Waals surface area contributed by atoms with Crippen molar-refractivity contribution in [2.75, 3.05) is 0 Å². The molecule has 2 heteroatoms. The molecule has 1 N–H and O–H groups in total. The SMILES string of the molecule is C=CCC1=C[C@@H]2C(=CC(=O)O)CC2C1. The molecule has 1 unspecified atom stereocenters. The first-order valence-electron chi connectivity index (χ1n) is 4.94. The van der Waals surface area contributed by atoms with E-state index in [2.05, 4.69) is 12.7 Å². The summed E-state index contributed by atoms with van der Waals surface area (Å²) in [5.41, 5.74) is 2.50. The third-order valence-corrected chi connectivity index (χ3v) is 3.09. The zero-order valence-electron chi connectivity index (χ0n) is 8.07. The van der Waals surface area contributed by atoms with Gasteiger partial charge >= 0.3 is 5.97 Å². The molecule has 2 nitrogen and oxygen atoms in total. The van der Waals surface area contributed by atoms with Crippen LogP contribution in [0.4, 0.5) is 0 Å². The second-order valence-corrected chi connectivity index (χ2v) is 4.07. The van der Waals surface area contributed by atoms with Crippen molar-refractivity contribution in [3.8, 4) is 0 Å². The summed E-state index contributed by atoms with van der Waals surface area (Å²) in [6, 6.07) is 0. The van der Waals surface area contributed by atoms with Crippen molar-refractivity contribution in [1.82, 2.24) is 0 Å². The van der Waals surface area contributed by atoms with Crippen LogP contribution in [0.2, 0.25) is 0 Å². The van der Waals surface area contributed by atoms with Gasteiger partial charge in [-0.25, -0.2) is 4.79 Å². The molecule has 74 valence electrons. The highest BCUT2D eigenvalue weighted by Gasteiger charge is 2.38. The molecule has 2 atom stereocenters. The molecule has 14 heavy (non-hydrogen) atoms. The van der Waals surface area contributed by atoms with Crippen LogP contribution >= 0.6 is 0 Å². The highest BCUT2D eigenvalue weighted by Crippen LogP contribution is 2.50. The fourth-order valence-corrected chi connectivity index (χ4v) is 2.46. The first kappa shape index (κ1) is 9.25. The van der Waals surface area contributed by atoms with Crippen molar-refractivity contribution < 1.29 is 9.90 Å². The molecule has 0 aromatic heterocycles. The summed E-state index contributed by atoms with van der Waals surface area (Å²) in [6.45, 7) is 3.71. The van der Waals surface area contributed by atoms with Gasteiger partial charge in [-0.3, -0.25) is 0 Å². The molecule has 1 fully saturated rings. The Morgan fingerprint density at radius 1 is 1.64 bits per heavy atom. The lowest BCUT2D eigenvalue weighted by molar-refractivity contribution is -0.131. The van der Waals surface area contributed by atoms with Gasteiger partial charge in [0.15, 0.2) is 0 Å². The van der Waals surface area contributed by atoms with Crippen molar-refractivity contribution in [3.05, 3.63) is 36.0 Å². The first-order valence-corrected chi connectivity index (χ1v) is 4.94. The summed E-state index contributed by atoms with van der Waals surface area (Å²) in [4.78, 5) is 10.5. The monoisotopic (exact) mass is 190 g/mol. The second kappa shape index (κ2) is 3.45. The van der Waals surface area contributed by atoms with E-state index in [0.717, 1.165) is 24.8 Å². The van der Waals surface area contributed by atoms with Crippen LogP contribution in [-0.2, 0) is 4.79 Å². The number of rotatable bonds is 3. The number of carboxylic acids is 1. The van der Waals surface area contributed by atoms with E-state index >= 15 is 0 Å². The van der Waals surface area contributed by atoms with Crippen LogP contribution < -0.4 is 0 Å². The van der Waals surface area contributed by atoms with E-state index in [1.807, 2.05) is 6.08 Å². The molecule has 2 aliphatic carbocycles. The Labute approximate surface area is 83.6 Å². The summed E-state index contributed by atoms with van der Waals surface area (Å²) in [5.74, 6) is 0.278. The molecule has 0 bridgehead atoms.